The summed E-state index contributed by atoms with van der Waals surface area (Å²) in [5, 5.41) is 13.3. The highest BCUT2D eigenvalue weighted by atomic mass is 16.5. The molecule has 36 heavy (non-hydrogen) atoms. The number of hydrogen-bond donors (Lipinski definition) is 4. The first-order valence-corrected chi connectivity index (χ1v) is 12.2. The summed E-state index contributed by atoms with van der Waals surface area (Å²) in [6.07, 6.45) is 3.14. The van der Waals surface area contributed by atoms with Crippen molar-refractivity contribution < 1.29 is 14.3 Å². The Morgan fingerprint density at radius 1 is 0.917 bits per heavy atom. The van der Waals surface area contributed by atoms with E-state index < -0.39 is 6.04 Å². The SMILES string of the molecule is CCCCCC(=O)N[C@H](C(=O)NCc1ccc(C(=N)N)cc1)c1ccc(OCc2ccccc2)cc1. The third-order valence-corrected chi connectivity index (χ3v) is 5.77. The molecule has 0 aromatic heterocycles. The molecule has 3 aromatic carbocycles. The van der Waals surface area contributed by atoms with E-state index in [4.69, 9.17) is 15.9 Å². The largest absolute Gasteiger partial charge is 0.489 e. The number of nitrogen functional groups attached to an aromatic ring is 1. The zero-order valence-electron chi connectivity index (χ0n) is 20.6. The number of ether oxygens (including phenoxy) is 1. The second-order valence-corrected chi connectivity index (χ2v) is 8.63. The first kappa shape index (κ1) is 26.5. The number of nitrogens with two attached hydrogens (primary N) is 1. The lowest BCUT2D eigenvalue weighted by molar-refractivity contribution is -0.129. The summed E-state index contributed by atoms with van der Waals surface area (Å²) >= 11 is 0. The van der Waals surface area contributed by atoms with E-state index in [9.17, 15) is 9.59 Å². The number of carbonyl (C=O) groups is 2. The first-order valence-electron chi connectivity index (χ1n) is 12.2. The van der Waals surface area contributed by atoms with Crippen LogP contribution < -0.4 is 21.1 Å². The highest BCUT2D eigenvalue weighted by molar-refractivity contribution is 5.95. The molecule has 2 amide bonds. The van der Waals surface area contributed by atoms with Crippen LogP contribution in [-0.4, -0.2) is 17.6 Å². The van der Waals surface area contributed by atoms with Crippen molar-refractivity contribution in [3.63, 3.8) is 0 Å². The monoisotopic (exact) mass is 486 g/mol. The van der Waals surface area contributed by atoms with E-state index in [1.165, 1.54) is 0 Å². The van der Waals surface area contributed by atoms with Crippen LogP contribution in [-0.2, 0) is 22.7 Å². The second-order valence-electron chi connectivity index (χ2n) is 8.63. The molecule has 0 saturated carbocycles. The molecule has 0 fully saturated rings. The summed E-state index contributed by atoms with van der Waals surface area (Å²) in [5.41, 5.74) is 8.73. The van der Waals surface area contributed by atoms with Gasteiger partial charge in [0.2, 0.25) is 11.8 Å². The average Bonchev–Trinajstić information content (AvgIpc) is 2.90. The maximum atomic E-state index is 13.1. The standard InChI is InChI=1S/C29H34N4O3/c1-2-3-5-10-26(34)33-27(29(35)32-19-21-11-13-24(14-12-21)28(30)31)23-15-17-25(18-16-23)36-20-22-8-6-4-7-9-22/h4,6-9,11-18,27H,2-3,5,10,19-20H2,1H3,(H3,30,31)(H,32,35)(H,33,34)/t27-/m0/s1. The van der Waals surface area contributed by atoms with Gasteiger partial charge in [0, 0.05) is 18.5 Å². The van der Waals surface area contributed by atoms with Gasteiger partial charge in [-0.3, -0.25) is 15.0 Å². The second kappa shape index (κ2) is 13.7. The Bertz CT molecular complexity index is 1130. The minimum atomic E-state index is -0.821. The number of rotatable bonds is 13. The fourth-order valence-electron chi connectivity index (χ4n) is 3.66. The third-order valence-electron chi connectivity index (χ3n) is 5.77. The first-order chi connectivity index (χ1) is 17.5. The average molecular weight is 487 g/mol. The summed E-state index contributed by atoms with van der Waals surface area (Å²) in [7, 11) is 0. The molecule has 0 saturated heterocycles. The van der Waals surface area contributed by atoms with E-state index in [1.807, 2.05) is 54.6 Å². The number of nitrogens with one attached hydrogen (secondary N) is 3. The van der Waals surface area contributed by atoms with Crippen LogP contribution in [0.15, 0.2) is 78.9 Å². The van der Waals surface area contributed by atoms with Gasteiger partial charge in [0.05, 0.1) is 0 Å². The molecule has 0 spiro atoms. The number of amidine groups is 1. The van der Waals surface area contributed by atoms with E-state index in [0.29, 0.717) is 29.9 Å². The fourth-order valence-corrected chi connectivity index (χ4v) is 3.66. The van der Waals surface area contributed by atoms with Crippen LogP contribution in [0.5, 0.6) is 5.75 Å². The molecule has 3 aromatic rings. The lowest BCUT2D eigenvalue weighted by Crippen LogP contribution is -2.40. The quantitative estimate of drug-likeness (QED) is 0.160. The molecule has 0 aliphatic rings. The van der Waals surface area contributed by atoms with Crippen LogP contribution >= 0.6 is 0 Å². The molecule has 5 N–H and O–H groups in total. The normalized spacial score (nSPS) is 11.4. The van der Waals surface area contributed by atoms with Crippen molar-refractivity contribution in [1.29, 1.82) is 5.41 Å². The Morgan fingerprint density at radius 2 is 1.61 bits per heavy atom. The summed E-state index contributed by atoms with van der Waals surface area (Å²) in [4.78, 5) is 25.7. The van der Waals surface area contributed by atoms with E-state index in [0.717, 1.165) is 30.4 Å². The lowest BCUT2D eigenvalue weighted by Gasteiger charge is -2.19. The topological polar surface area (TPSA) is 117 Å². The number of benzene rings is 3. The zero-order chi connectivity index (χ0) is 25.8. The molecule has 0 unspecified atom stereocenters. The van der Waals surface area contributed by atoms with Gasteiger partial charge in [0.15, 0.2) is 0 Å². The van der Waals surface area contributed by atoms with Gasteiger partial charge in [-0.05, 0) is 35.2 Å². The van der Waals surface area contributed by atoms with Gasteiger partial charge < -0.3 is 21.1 Å². The van der Waals surface area contributed by atoms with E-state index in [-0.39, 0.29) is 24.2 Å². The van der Waals surface area contributed by atoms with Crippen molar-refractivity contribution in [2.45, 2.75) is 51.8 Å². The van der Waals surface area contributed by atoms with Crippen molar-refractivity contribution in [1.82, 2.24) is 10.6 Å². The molecule has 1 atom stereocenters. The number of unbranched alkanes of at least 4 members (excludes halogenated alkanes) is 2. The Balaban J connectivity index is 1.67. The van der Waals surface area contributed by atoms with Crippen LogP contribution in [0.1, 0.15) is 60.9 Å². The summed E-state index contributed by atoms with van der Waals surface area (Å²) in [5.74, 6) is 0.223. The molecular weight excluding hydrogens is 452 g/mol. The fraction of sp³-hybridized carbons (Fsp3) is 0.276. The van der Waals surface area contributed by atoms with Crippen LogP contribution in [0.3, 0.4) is 0 Å². The highest BCUT2D eigenvalue weighted by Gasteiger charge is 2.22. The zero-order valence-corrected chi connectivity index (χ0v) is 20.6. The molecule has 0 radical (unpaired) electrons. The van der Waals surface area contributed by atoms with Gasteiger partial charge in [0.1, 0.15) is 24.2 Å². The Morgan fingerprint density at radius 3 is 2.25 bits per heavy atom. The summed E-state index contributed by atoms with van der Waals surface area (Å²) < 4.78 is 5.85. The van der Waals surface area contributed by atoms with Gasteiger partial charge in [0.25, 0.3) is 0 Å². The summed E-state index contributed by atoms with van der Waals surface area (Å²) in [6.45, 7) is 2.82. The van der Waals surface area contributed by atoms with E-state index in [1.54, 1.807) is 24.3 Å². The number of hydrogen-bond acceptors (Lipinski definition) is 4. The molecule has 3 rings (SSSR count). The van der Waals surface area contributed by atoms with Gasteiger partial charge in [-0.1, -0.05) is 86.5 Å². The number of carbonyl (C=O) groups excluding carboxylic acids is 2. The molecule has 7 nitrogen and oxygen atoms in total. The van der Waals surface area contributed by atoms with E-state index >= 15 is 0 Å². The smallest absolute Gasteiger partial charge is 0.247 e. The minimum absolute atomic E-state index is 0.00682. The minimum Gasteiger partial charge on any atom is -0.489 e. The molecule has 188 valence electrons. The molecule has 0 aliphatic carbocycles. The van der Waals surface area contributed by atoms with Crippen LogP contribution in [0.4, 0.5) is 0 Å². The Kier molecular flexibility index (Phi) is 10.1. The third kappa shape index (κ3) is 8.27. The van der Waals surface area contributed by atoms with Crippen molar-refractivity contribution in [3.05, 3.63) is 101 Å². The van der Waals surface area contributed by atoms with Crippen molar-refractivity contribution in [2.24, 2.45) is 5.73 Å². The Labute approximate surface area is 212 Å². The van der Waals surface area contributed by atoms with Crippen molar-refractivity contribution in [2.75, 3.05) is 0 Å². The maximum Gasteiger partial charge on any atom is 0.247 e. The van der Waals surface area contributed by atoms with Crippen molar-refractivity contribution >= 4 is 17.6 Å². The van der Waals surface area contributed by atoms with Gasteiger partial charge >= 0.3 is 0 Å². The molecular formula is C29H34N4O3. The molecule has 0 aliphatic heterocycles. The molecule has 7 heteroatoms. The van der Waals surface area contributed by atoms with Crippen LogP contribution in [0, 0.1) is 5.41 Å². The van der Waals surface area contributed by atoms with Crippen LogP contribution in [0.2, 0.25) is 0 Å². The van der Waals surface area contributed by atoms with Gasteiger partial charge in [-0.25, -0.2) is 0 Å². The predicted octanol–water partition coefficient (Wildman–Crippen LogP) is 4.60. The van der Waals surface area contributed by atoms with Gasteiger partial charge in [-0.2, -0.15) is 0 Å². The lowest BCUT2D eigenvalue weighted by atomic mass is 10.0. The summed E-state index contributed by atoms with van der Waals surface area (Å²) in [6, 6.07) is 23.4. The predicted molar refractivity (Wildman–Crippen MR) is 142 cm³/mol. The highest BCUT2D eigenvalue weighted by Crippen LogP contribution is 2.20. The maximum absolute atomic E-state index is 13.1. The number of amides is 2. The molecule has 0 heterocycles. The van der Waals surface area contributed by atoms with Crippen molar-refractivity contribution in [3.8, 4) is 5.75 Å². The molecule has 0 bridgehead atoms. The van der Waals surface area contributed by atoms with Crippen LogP contribution in [0.25, 0.3) is 0 Å². The van der Waals surface area contributed by atoms with Gasteiger partial charge in [-0.15, -0.1) is 0 Å². The Hall–Kier alpha value is -4.13. The van der Waals surface area contributed by atoms with E-state index in [2.05, 4.69) is 17.6 Å².